The number of anilines is 1. The number of piperidine rings is 1. The molecule has 0 radical (unpaired) electrons. The van der Waals surface area contributed by atoms with Gasteiger partial charge >= 0.3 is 0 Å². The largest absolute Gasteiger partial charge is 0.383 e. The Morgan fingerprint density at radius 3 is 2.91 bits per heavy atom. The van der Waals surface area contributed by atoms with E-state index in [2.05, 4.69) is 23.8 Å². The molecular weight excluding hydrogens is 328 g/mol. The van der Waals surface area contributed by atoms with Crippen LogP contribution in [-0.4, -0.2) is 39.1 Å². The molecule has 1 aliphatic heterocycles. The van der Waals surface area contributed by atoms with Gasteiger partial charge < -0.3 is 10.6 Å². The second-order valence-electron chi connectivity index (χ2n) is 6.08. The van der Waals surface area contributed by atoms with E-state index in [4.69, 9.17) is 5.73 Å². The van der Waals surface area contributed by atoms with Crippen molar-refractivity contribution in [3.05, 3.63) is 10.4 Å². The Kier molecular flexibility index (Phi) is 4.77. The van der Waals surface area contributed by atoms with E-state index in [0.29, 0.717) is 22.8 Å². The van der Waals surface area contributed by atoms with Crippen LogP contribution in [-0.2, 0) is 4.79 Å². The SMILES string of the molecule is Cc1sc2nc(SCC(=O)N3CCCC[C@H]3C)nc(N)c2c1C. The van der Waals surface area contributed by atoms with Gasteiger partial charge in [0.25, 0.3) is 0 Å². The van der Waals surface area contributed by atoms with Crippen LogP contribution >= 0.6 is 23.1 Å². The molecule has 1 aliphatic rings. The van der Waals surface area contributed by atoms with Crippen molar-refractivity contribution in [1.82, 2.24) is 14.9 Å². The summed E-state index contributed by atoms with van der Waals surface area (Å²) in [5, 5.41) is 1.54. The topological polar surface area (TPSA) is 72.1 Å². The third-order valence-electron chi connectivity index (χ3n) is 4.48. The number of carbonyl (C=O) groups is 1. The Labute approximate surface area is 144 Å². The highest BCUT2D eigenvalue weighted by Gasteiger charge is 2.23. The summed E-state index contributed by atoms with van der Waals surface area (Å²) in [6.45, 7) is 7.10. The van der Waals surface area contributed by atoms with Gasteiger partial charge in [0.15, 0.2) is 5.16 Å². The molecule has 0 unspecified atom stereocenters. The highest BCUT2D eigenvalue weighted by Crippen LogP contribution is 2.33. The van der Waals surface area contributed by atoms with Crippen LogP contribution in [0, 0.1) is 13.8 Å². The van der Waals surface area contributed by atoms with Gasteiger partial charge in [-0.3, -0.25) is 4.79 Å². The molecule has 2 aromatic heterocycles. The van der Waals surface area contributed by atoms with Gasteiger partial charge in [0.1, 0.15) is 10.6 Å². The lowest BCUT2D eigenvalue weighted by Crippen LogP contribution is -2.42. The lowest BCUT2D eigenvalue weighted by atomic mass is 10.0. The number of likely N-dealkylation sites (tertiary alicyclic amines) is 1. The van der Waals surface area contributed by atoms with E-state index in [9.17, 15) is 4.79 Å². The second-order valence-corrected chi connectivity index (χ2v) is 8.22. The van der Waals surface area contributed by atoms with Crippen LogP contribution in [0.1, 0.15) is 36.6 Å². The van der Waals surface area contributed by atoms with Crippen LogP contribution in [0.15, 0.2) is 5.16 Å². The normalized spacial score (nSPS) is 18.6. The predicted molar refractivity (Wildman–Crippen MR) is 97.1 cm³/mol. The number of hydrogen-bond donors (Lipinski definition) is 1. The van der Waals surface area contributed by atoms with Crippen LogP contribution in [0.25, 0.3) is 10.2 Å². The van der Waals surface area contributed by atoms with Crippen molar-refractivity contribution in [3.8, 4) is 0 Å². The van der Waals surface area contributed by atoms with Gasteiger partial charge in [-0.1, -0.05) is 11.8 Å². The number of nitrogens with two attached hydrogens (primary N) is 1. The average Bonchev–Trinajstić information content (AvgIpc) is 2.80. The van der Waals surface area contributed by atoms with Crippen LogP contribution in [0.4, 0.5) is 5.82 Å². The molecule has 5 nitrogen and oxygen atoms in total. The summed E-state index contributed by atoms with van der Waals surface area (Å²) in [5.74, 6) is 1.06. The maximum absolute atomic E-state index is 12.4. The maximum atomic E-state index is 12.4. The summed E-state index contributed by atoms with van der Waals surface area (Å²) in [6.07, 6.45) is 3.41. The van der Waals surface area contributed by atoms with E-state index >= 15 is 0 Å². The standard InChI is InChI=1S/C16H22N4OS2/c1-9-6-4-5-7-20(9)12(21)8-22-16-18-14(17)13-10(2)11(3)23-15(13)19-16/h9H,4-8H2,1-3H3,(H2,17,18,19)/t9-/m1/s1. The zero-order valence-electron chi connectivity index (χ0n) is 13.8. The number of rotatable bonds is 3. The summed E-state index contributed by atoms with van der Waals surface area (Å²) in [5.41, 5.74) is 7.24. The van der Waals surface area contributed by atoms with Crippen molar-refractivity contribution in [2.45, 2.75) is 51.2 Å². The molecule has 0 spiro atoms. The molecule has 1 saturated heterocycles. The summed E-state index contributed by atoms with van der Waals surface area (Å²) in [6, 6.07) is 0.341. The molecule has 0 aliphatic carbocycles. The molecule has 0 aromatic carbocycles. The Morgan fingerprint density at radius 2 is 2.17 bits per heavy atom. The van der Waals surface area contributed by atoms with Gasteiger partial charge in [-0.2, -0.15) is 0 Å². The van der Waals surface area contributed by atoms with Crippen molar-refractivity contribution in [3.63, 3.8) is 0 Å². The fourth-order valence-electron chi connectivity index (χ4n) is 3.00. The van der Waals surface area contributed by atoms with Gasteiger partial charge in [0, 0.05) is 17.5 Å². The Hall–Kier alpha value is -1.34. The monoisotopic (exact) mass is 350 g/mol. The number of fused-ring (bicyclic) bond motifs is 1. The summed E-state index contributed by atoms with van der Waals surface area (Å²) in [4.78, 5) is 25.5. The molecule has 1 atom stereocenters. The number of carbonyl (C=O) groups excluding carboxylic acids is 1. The number of nitrogens with zero attached hydrogens (tertiary/aromatic N) is 3. The third kappa shape index (κ3) is 3.30. The molecule has 3 heterocycles. The molecule has 0 saturated carbocycles. The molecular formula is C16H22N4OS2. The van der Waals surface area contributed by atoms with Crippen LogP contribution in [0.2, 0.25) is 0 Å². The molecule has 23 heavy (non-hydrogen) atoms. The average molecular weight is 351 g/mol. The molecule has 1 fully saturated rings. The van der Waals surface area contributed by atoms with Crippen molar-refractivity contribution < 1.29 is 4.79 Å². The van der Waals surface area contributed by atoms with E-state index in [-0.39, 0.29) is 5.91 Å². The Morgan fingerprint density at radius 1 is 1.39 bits per heavy atom. The molecule has 3 rings (SSSR count). The lowest BCUT2D eigenvalue weighted by molar-refractivity contribution is -0.131. The second kappa shape index (κ2) is 6.65. The maximum Gasteiger partial charge on any atom is 0.233 e. The zero-order chi connectivity index (χ0) is 16.6. The lowest BCUT2D eigenvalue weighted by Gasteiger charge is -2.33. The smallest absolute Gasteiger partial charge is 0.233 e. The first kappa shape index (κ1) is 16.5. The van der Waals surface area contributed by atoms with Gasteiger partial charge in [0.2, 0.25) is 5.91 Å². The van der Waals surface area contributed by atoms with E-state index in [0.717, 1.165) is 35.2 Å². The van der Waals surface area contributed by atoms with Crippen molar-refractivity contribution >= 4 is 45.0 Å². The first-order chi connectivity index (χ1) is 11.0. The minimum Gasteiger partial charge on any atom is -0.383 e. The van der Waals surface area contributed by atoms with E-state index in [1.807, 2.05) is 11.8 Å². The minimum atomic E-state index is 0.169. The first-order valence-electron chi connectivity index (χ1n) is 7.93. The van der Waals surface area contributed by atoms with Crippen LogP contribution < -0.4 is 5.73 Å². The van der Waals surface area contributed by atoms with Crippen molar-refractivity contribution in [2.24, 2.45) is 0 Å². The number of aromatic nitrogens is 2. The summed E-state index contributed by atoms with van der Waals surface area (Å²) >= 11 is 3.01. The van der Waals surface area contributed by atoms with Gasteiger partial charge in [-0.25, -0.2) is 9.97 Å². The van der Waals surface area contributed by atoms with E-state index in [1.54, 1.807) is 11.3 Å². The number of nitrogen functional groups attached to an aromatic ring is 1. The Bertz CT molecular complexity index is 743. The quantitative estimate of drug-likeness (QED) is 0.678. The number of hydrogen-bond acceptors (Lipinski definition) is 6. The predicted octanol–water partition coefficient (Wildman–Crippen LogP) is 3.38. The van der Waals surface area contributed by atoms with Crippen LogP contribution in [0.3, 0.4) is 0 Å². The molecule has 2 N–H and O–H groups in total. The highest BCUT2D eigenvalue weighted by molar-refractivity contribution is 7.99. The fraction of sp³-hybridized carbons (Fsp3) is 0.562. The molecule has 124 valence electrons. The van der Waals surface area contributed by atoms with Crippen molar-refractivity contribution in [1.29, 1.82) is 0 Å². The summed E-state index contributed by atoms with van der Waals surface area (Å²) < 4.78 is 0. The van der Waals surface area contributed by atoms with Crippen molar-refractivity contribution in [2.75, 3.05) is 18.0 Å². The van der Waals surface area contributed by atoms with E-state index in [1.165, 1.54) is 23.1 Å². The zero-order valence-corrected chi connectivity index (χ0v) is 15.4. The van der Waals surface area contributed by atoms with Crippen LogP contribution in [0.5, 0.6) is 0 Å². The first-order valence-corrected chi connectivity index (χ1v) is 9.73. The van der Waals surface area contributed by atoms with E-state index < -0.39 is 0 Å². The number of amides is 1. The Balaban J connectivity index is 1.73. The molecule has 2 aromatic rings. The molecule has 0 bridgehead atoms. The highest BCUT2D eigenvalue weighted by atomic mass is 32.2. The van der Waals surface area contributed by atoms with Gasteiger partial charge in [0.05, 0.1) is 11.1 Å². The van der Waals surface area contributed by atoms with Gasteiger partial charge in [-0.15, -0.1) is 11.3 Å². The third-order valence-corrected chi connectivity index (χ3v) is 6.42. The fourth-order valence-corrected chi connectivity index (χ4v) is 4.83. The number of thiophene rings is 1. The minimum absolute atomic E-state index is 0.169. The summed E-state index contributed by atoms with van der Waals surface area (Å²) in [7, 11) is 0. The number of aryl methyl sites for hydroxylation is 2. The number of thioether (sulfide) groups is 1. The molecule has 1 amide bonds. The van der Waals surface area contributed by atoms with Gasteiger partial charge in [-0.05, 0) is 45.6 Å². The molecule has 7 heteroatoms.